The number of hydrogen-bond donors (Lipinski definition) is 0. The molecule has 26 heavy (non-hydrogen) atoms. The summed E-state index contributed by atoms with van der Waals surface area (Å²) in [7, 11) is 0. The van der Waals surface area contributed by atoms with E-state index < -0.39 is 12.1 Å². The van der Waals surface area contributed by atoms with E-state index in [1.807, 2.05) is 30.3 Å². The van der Waals surface area contributed by atoms with Gasteiger partial charge in [0.25, 0.3) is 5.91 Å². The first kappa shape index (κ1) is 18.5. The number of carbonyl (C=O) groups excluding carboxylic acids is 2. The maximum Gasteiger partial charge on any atom is 0.343 e. The lowest BCUT2D eigenvalue weighted by Gasteiger charge is -2.20. The lowest BCUT2D eigenvalue weighted by Crippen LogP contribution is -2.38. The standard InChI is InChI=1S/C19H22ClN3O3/c1-13-16(17(20)23(21-13)12-15-8-4-3-5-9-15)19(25)26-14(2)18(24)22-10-6-7-11-22/h3-5,8-9,14H,6-7,10-12H2,1-2H3. The zero-order valence-electron chi connectivity index (χ0n) is 14.9. The van der Waals surface area contributed by atoms with Crippen molar-refractivity contribution in [1.82, 2.24) is 14.7 Å². The summed E-state index contributed by atoms with van der Waals surface area (Å²) in [5.41, 5.74) is 1.72. The molecular formula is C19H22ClN3O3. The van der Waals surface area contributed by atoms with Gasteiger partial charge in [-0.15, -0.1) is 0 Å². The predicted octanol–water partition coefficient (Wildman–Crippen LogP) is 3.06. The Morgan fingerprint density at radius 2 is 1.88 bits per heavy atom. The molecule has 0 N–H and O–H groups in total. The largest absolute Gasteiger partial charge is 0.449 e. The second kappa shape index (κ2) is 7.91. The molecular weight excluding hydrogens is 354 g/mol. The minimum Gasteiger partial charge on any atom is -0.449 e. The van der Waals surface area contributed by atoms with Crippen LogP contribution in [0.4, 0.5) is 0 Å². The van der Waals surface area contributed by atoms with Crippen LogP contribution in [0.2, 0.25) is 5.15 Å². The summed E-state index contributed by atoms with van der Waals surface area (Å²) in [4.78, 5) is 26.6. The molecule has 2 aromatic rings. The Morgan fingerprint density at radius 3 is 2.54 bits per heavy atom. The quantitative estimate of drug-likeness (QED) is 0.753. The van der Waals surface area contributed by atoms with E-state index in [0.29, 0.717) is 12.2 Å². The zero-order valence-corrected chi connectivity index (χ0v) is 15.7. The number of esters is 1. The number of rotatable bonds is 5. The molecule has 0 bridgehead atoms. The highest BCUT2D eigenvalue weighted by Crippen LogP contribution is 2.23. The van der Waals surface area contributed by atoms with Crippen molar-refractivity contribution in [2.24, 2.45) is 0 Å². The molecule has 1 aliphatic rings. The third kappa shape index (κ3) is 3.90. The Labute approximate surface area is 157 Å². The third-order valence-electron chi connectivity index (χ3n) is 4.49. The van der Waals surface area contributed by atoms with Gasteiger partial charge in [-0.05, 0) is 32.3 Å². The average Bonchev–Trinajstić information content (AvgIpc) is 3.24. The normalized spacial score (nSPS) is 15.1. The minimum absolute atomic E-state index is 0.165. The fourth-order valence-corrected chi connectivity index (χ4v) is 3.42. The molecule has 1 saturated heterocycles. The number of likely N-dealkylation sites (tertiary alicyclic amines) is 1. The second-order valence-electron chi connectivity index (χ2n) is 6.47. The van der Waals surface area contributed by atoms with Crippen LogP contribution in [-0.2, 0) is 16.1 Å². The molecule has 0 saturated carbocycles. The summed E-state index contributed by atoms with van der Waals surface area (Å²) >= 11 is 6.37. The van der Waals surface area contributed by atoms with Crippen molar-refractivity contribution in [3.05, 3.63) is 52.3 Å². The molecule has 2 heterocycles. The number of nitrogens with zero attached hydrogens (tertiary/aromatic N) is 3. The Bertz CT molecular complexity index is 798. The third-order valence-corrected chi connectivity index (χ3v) is 4.88. The summed E-state index contributed by atoms with van der Waals surface area (Å²) in [5, 5.41) is 4.56. The molecule has 1 aromatic heterocycles. The van der Waals surface area contributed by atoms with Crippen molar-refractivity contribution >= 4 is 23.5 Å². The van der Waals surface area contributed by atoms with E-state index in [-0.39, 0.29) is 16.6 Å². The molecule has 0 aliphatic carbocycles. The van der Waals surface area contributed by atoms with Crippen LogP contribution < -0.4 is 0 Å². The molecule has 3 rings (SSSR count). The lowest BCUT2D eigenvalue weighted by atomic mass is 10.2. The minimum atomic E-state index is -0.839. The molecule has 138 valence electrons. The number of ether oxygens (including phenoxy) is 1. The predicted molar refractivity (Wildman–Crippen MR) is 98.2 cm³/mol. The van der Waals surface area contributed by atoms with E-state index in [9.17, 15) is 9.59 Å². The van der Waals surface area contributed by atoms with Gasteiger partial charge in [-0.1, -0.05) is 41.9 Å². The first-order chi connectivity index (χ1) is 12.5. The zero-order chi connectivity index (χ0) is 18.7. The molecule has 1 amide bonds. The highest BCUT2D eigenvalue weighted by Gasteiger charge is 2.29. The number of benzene rings is 1. The summed E-state index contributed by atoms with van der Waals surface area (Å²) in [6.07, 6.45) is 1.14. The van der Waals surface area contributed by atoms with Gasteiger partial charge in [-0.2, -0.15) is 5.10 Å². The smallest absolute Gasteiger partial charge is 0.343 e. The second-order valence-corrected chi connectivity index (χ2v) is 6.83. The van der Waals surface area contributed by atoms with E-state index in [1.165, 1.54) is 0 Å². The summed E-state index contributed by atoms with van der Waals surface area (Å²) < 4.78 is 6.93. The maximum absolute atomic E-state index is 12.6. The summed E-state index contributed by atoms with van der Waals surface area (Å²) in [6, 6.07) is 9.71. The Balaban J connectivity index is 1.72. The van der Waals surface area contributed by atoms with Gasteiger partial charge in [-0.3, -0.25) is 4.79 Å². The van der Waals surface area contributed by atoms with Gasteiger partial charge < -0.3 is 9.64 Å². The van der Waals surface area contributed by atoms with E-state index in [4.69, 9.17) is 16.3 Å². The lowest BCUT2D eigenvalue weighted by molar-refractivity contribution is -0.138. The Hall–Kier alpha value is -2.34. The maximum atomic E-state index is 12.6. The number of aryl methyl sites for hydroxylation is 1. The molecule has 7 heteroatoms. The van der Waals surface area contributed by atoms with Crippen molar-refractivity contribution in [1.29, 1.82) is 0 Å². The fraction of sp³-hybridized carbons (Fsp3) is 0.421. The van der Waals surface area contributed by atoms with Crippen LogP contribution in [0.5, 0.6) is 0 Å². The van der Waals surface area contributed by atoms with Crippen LogP contribution >= 0.6 is 11.6 Å². The van der Waals surface area contributed by atoms with Gasteiger partial charge in [0, 0.05) is 13.1 Å². The highest BCUT2D eigenvalue weighted by atomic mass is 35.5. The number of carbonyl (C=O) groups is 2. The highest BCUT2D eigenvalue weighted by molar-refractivity contribution is 6.32. The first-order valence-electron chi connectivity index (χ1n) is 8.74. The van der Waals surface area contributed by atoms with Crippen LogP contribution in [0.1, 0.15) is 41.4 Å². The van der Waals surface area contributed by atoms with E-state index >= 15 is 0 Å². The molecule has 1 aliphatic heterocycles. The molecule has 1 atom stereocenters. The van der Waals surface area contributed by atoms with E-state index in [0.717, 1.165) is 31.5 Å². The number of aromatic nitrogens is 2. The molecule has 0 spiro atoms. The van der Waals surface area contributed by atoms with Crippen molar-refractivity contribution in [2.75, 3.05) is 13.1 Å². The molecule has 1 fully saturated rings. The van der Waals surface area contributed by atoms with Gasteiger partial charge in [0.15, 0.2) is 6.10 Å². The van der Waals surface area contributed by atoms with Crippen LogP contribution in [0.3, 0.4) is 0 Å². The van der Waals surface area contributed by atoms with E-state index in [2.05, 4.69) is 5.10 Å². The Kier molecular flexibility index (Phi) is 5.61. The van der Waals surface area contributed by atoms with Crippen LogP contribution in [-0.4, -0.2) is 45.8 Å². The van der Waals surface area contributed by atoms with Gasteiger partial charge >= 0.3 is 5.97 Å². The van der Waals surface area contributed by atoms with Crippen molar-refractivity contribution in [3.63, 3.8) is 0 Å². The fourth-order valence-electron chi connectivity index (χ4n) is 3.11. The number of amides is 1. The molecule has 0 radical (unpaired) electrons. The van der Waals surface area contributed by atoms with E-state index in [1.54, 1.807) is 23.4 Å². The molecule has 6 nitrogen and oxygen atoms in total. The summed E-state index contributed by atoms with van der Waals surface area (Å²) in [5.74, 6) is -0.784. The average molecular weight is 376 g/mol. The molecule has 1 unspecified atom stereocenters. The topological polar surface area (TPSA) is 64.4 Å². The monoisotopic (exact) mass is 375 g/mol. The van der Waals surface area contributed by atoms with Gasteiger partial charge in [-0.25, -0.2) is 9.48 Å². The van der Waals surface area contributed by atoms with Crippen LogP contribution in [0.15, 0.2) is 30.3 Å². The molecule has 1 aromatic carbocycles. The van der Waals surface area contributed by atoms with Crippen LogP contribution in [0.25, 0.3) is 0 Å². The van der Waals surface area contributed by atoms with Crippen molar-refractivity contribution < 1.29 is 14.3 Å². The van der Waals surface area contributed by atoms with Gasteiger partial charge in [0.1, 0.15) is 10.7 Å². The van der Waals surface area contributed by atoms with Gasteiger partial charge in [0.05, 0.1) is 12.2 Å². The van der Waals surface area contributed by atoms with Crippen LogP contribution in [0, 0.1) is 6.92 Å². The van der Waals surface area contributed by atoms with Gasteiger partial charge in [0.2, 0.25) is 0 Å². The Morgan fingerprint density at radius 1 is 1.23 bits per heavy atom. The number of halogens is 1. The number of hydrogen-bond acceptors (Lipinski definition) is 4. The van der Waals surface area contributed by atoms with Crippen molar-refractivity contribution in [2.45, 2.75) is 39.3 Å². The SMILES string of the molecule is Cc1nn(Cc2ccccc2)c(Cl)c1C(=O)OC(C)C(=O)N1CCCC1. The first-order valence-corrected chi connectivity index (χ1v) is 9.11. The summed E-state index contributed by atoms with van der Waals surface area (Å²) in [6.45, 7) is 5.19. The van der Waals surface area contributed by atoms with Crippen molar-refractivity contribution in [3.8, 4) is 0 Å².